The molecule has 0 spiro atoms. The van der Waals surface area contributed by atoms with E-state index >= 15 is 0 Å². The lowest BCUT2D eigenvalue weighted by molar-refractivity contribution is -0.123. The van der Waals surface area contributed by atoms with Gasteiger partial charge in [0.1, 0.15) is 0 Å². The van der Waals surface area contributed by atoms with Gasteiger partial charge in [-0.2, -0.15) is 0 Å². The van der Waals surface area contributed by atoms with Gasteiger partial charge >= 0.3 is 0 Å². The van der Waals surface area contributed by atoms with Crippen molar-refractivity contribution in [1.29, 1.82) is 0 Å². The molecule has 2 aliphatic rings. The highest BCUT2D eigenvalue weighted by Crippen LogP contribution is 2.41. The van der Waals surface area contributed by atoms with Gasteiger partial charge in [0, 0.05) is 12.0 Å². The minimum absolute atomic E-state index is 0.337. The molecule has 0 aromatic rings. The Hall–Kier alpha value is -0.530. The summed E-state index contributed by atoms with van der Waals surface area (Å²) in [4.78, 5) is 11.7. The molecule has 0 bridgehead atoms. The zero-order valence-electron chi connectivity index (χ0n) is 9.09. The molecule has 1 amide bonds. The average molecular weight is 195 g/mol. The van der Waals surface area contributed by atoms with Gasteiger partial charge in [0.15, 0.2) is 0 Å². The number of nitrogens with one attached hydrogen (secondary N) is 1. The largest absolute Gasteiger partial charge is 0.353 e. The first-order chi connectivity index (χ1) is 6.81. The van der Waals surface area contributed by atoms with Crippen LogP contribution >= 0.6 is 0 Å². The monoisotopic (exact) mass is 195 g/mol. The van der Waals surface area contributed by atoms with Gasteiger partial charge in [0.25, 0.3) is 0 Å². The van der Waals surface area contributed by atoms with Crippen LogP contribution < -0.4 is 5.32 Å². The summed E-state index contributed by atoms with van der Waals surface area (Å²) in [6.45, 7) is 2.18. The van der Waals surface area contributed by atoms with Crippen LogP contribution in [0.4, 0.5) is 0 Å². The van der Waals surface area contributed by atoms with Gasteiger partial charge < -0.3 is 5.32 Å². The molecule has 2 aliphatic carbocycles. The van der Waals surface area contributed by atoms with Crippen LogP contribution in [0.1, 0.15) is 51.9 Å². The maximum Gasteiger partial charge on any atom is 0.223 e. The molecule has 2 nitrogen and oxygen atoms in total. The first kappa shape index (κ1) is 10.0. The maximum atomic E-state index is 11.7. The van der Waals surface area contributed by atoms with Gasteiger partial charge in [-0.05, 0) is 25.2 Å². The predicted octanol–water partition coefficient (Wildman–Crippen LogP) is 2.48. The van der Waals surface area contributed by atoms with Crippen LogP contribution in [0.25, 0.3) is 0 Å². The Morgan fingerprint density at radius 3 is 2.57 bits per heavy atom. The van der Waals surface area contributed by atoms with Gasteiger partial charge in [-0.1, -0.05) is 32.6 Å². The number of carbonyl (C=O) groups is 1. The van der Waals surface area contributed by atoms with E-state index in [1.54, 1.807) is 0 Å². The van der Waals surface area contributed by atoms with E-state index in [0.29, 0.717) is 23.8 Å². The molecule has 80 valence electrons. The molecule has 2 heteroatoms. The van der Waals surface area contributed by atoms with Crippen molar-refractivity contribution in [3.8, 4) is 0 Å². The number of rotatable bonds is 3. The topological polar surface area (TPSA) is 29.1 Å². The fraction of sp³-hybridized carbons (Fsp3) is 0.917. The lowest BCUT2D eigenvalue weighted by atomic mass is 9.95. The summed E-state index contributed by atoms with van der Waals surface area (Å²) in [5.41, 5.74) is 0. The molecule has 1 N–H and O–H groups in total. The quantitative estimate of drug-likeness (QED) is 0.736. The molecule has 2 fully saturated rings. The molecule has 2 unspecified atom stereocenters. The van der Waals surface area contributed by atoms with E-state index in [1.165, 1.54) is 38.5 Å². The number of hydrogen-bond donors (Lipinski definition) is 1. The lowest BCUT2D eigenvalue weighted by Gasteiger charge is -2.22. The zero-order valence-corrected chi connectivity index (χ0v) is 9.09. The van der Waals surface area contributed by atoms with Gasteiger partial charge in [0.05, 0.1) is 0 Å². The Morgan fingerprint density at radius 1 is 1.29 bits per heavy atom. The van der Waals surface area contributed by atoms with E-state index in [0.717, 1.165) is 6.42 Å². The van der Waals surface area contributed by atoms with Crippen LogP contribution in [-0.4, -0.2) is 11.9 Å². The Balaban J connectivity index is 1.71. The molecular formula is C12H21NO. The summed E-state index contributed by atoms with van der Waals surface area (Å²) < 4.78 is 0. The van der Waals surface area contributed by atoms with E-state index in [2.05, 4.69) is 12.2 Å². The summed E-state index contributed by atoms with van der Waals surface area (Å²) in [5.74, 6) is 1.39. The molecule has 0 aromatic carbocycles. The van der Waals surface area contributed by atoms with Crippen LogP contribution in [0.15, 0.2) is 0 Å². The third-order valence-electron chi connectivity index (χ3n) is 3.74. The van der Waals surface area contributed by atoms with Crippen molar-refractivity contribution in [3.05, 3.63) is 0 Å². The van der Waals surface area contributed by atoms with Gasteiger partial charge in [0.2, 0.25) is 5.91 Å². The van der Waals surface area contributed by atoms with Crippen molar-refractivity contribution >= 4 is 5.91 Å². The molecule has 2 atom stereocenters. The Kier molecular flexibility index (Phi) is 3.09. The number of hydrogen-bond acceptors (Lipinski definition) is 1. The van der Waals surface area contributed by atoms with Crippen molar-refractivity contribution in [2.75, 3.05) is 0 Å². The lowest BCUT2D eigenvalue weighted by Crippen LogP contribution is -2.37. The summed E-state index contributed by atoms with van der Waals surface area (Å²) >= 11 is 0. The van der Waals surface area contributed by atoms with Crippen LogP contribution in [0, 0.1) is 11.8 Å². The third-order valence-corrected chi connectivity index (χ3v) is 3.74. The zero-order chi connectivity index (χ0) is 9.97. The highest BCUT2D eigenvalue weighted by Gasteiger charge is 2.41. The normalized spacial score (nSPS) is 32.6. The second-order valence-electron chi connectivity index (χ2n) is 4.85. The summed E-state index contributed by atoms with van der Waals surface area (Å²) in [6.07, 6.45) is 8.66. The Morgan fingerprint density at radius 2 is 2.00 bits per heavy atom. The highest BCUT2D eigenvalue weighted by atomic mass is 16.2. The molecule has 0 aliphatic heterocycles. The fourth-order valence-corrected chi connectivity index (χ4v) is 2.58. The summed E-state index contributed by atoms with van der Waals surface area (Å²) in [6, 6.07) is 0.495. The molecule has 0 radical (unpaired) electrons. The van der Waals surface area contributed by atoms with Crippen molar-refractivity contribution in [2.45, 2.75) is 57.9 Å². The van der Waals surface area contributed by atoms with E-state index in [4.69, 9.17) is 0 Å². The van der Waals surface area contributed by atoms with Crippen molar-refractivity contribution < 1.29 is 4.79 Å². The van der Waals surface area contributed by atoms with Crippen LogP contribution in [0.5, 0.6) is 0 Å². The van der Waals surface area contributed by atoms with E-state index in [1.807, 2.05) is 0 Å². The molecular weight excluding hydrogens is 174 g/mol. The van der Waals surface area contributed by atoms with Crippen molar-refractivity contribution in [1.82, 2.24) is 5.32 Å². The Labute approximate surface area is 86.5 Å². The van der Waals surface area contributed by atoms with Crippen LogP contribution in [0.2, 0.25) is 0 Å². The van der Waals surface area contributed by atoms with Crippen LogP contribution in [0.3, 0.4) is 0 Å². The molecule has 2 saturated carbocycles. The fourth-order valence-electron chi connectivity index (χ4n) is 2.58. The molecule has 0 heterocycles. The molecule has 2 rings (SSSR count). The molecule has 0 saturated heterocycles. The van der Waals surface area contributed by atoms with E-state index < -0.39 is 0 Å². The minimum atomic E-state index is 0.337. The predicted molar refractivity (Wildman–Crippen MR) is 56.9 cm³/mol. The number of amides is 1. The van der Waals surface area contributed by atoms with Gasteiger partial charge in [-0.3, -0.25) is 4.79 Å². The Bertz CT molecular complexity index is 208. The van der Waals surface area contributed by atoms with Crippen molar-refractivity contribution in [3.63, 3.8) is 0 Å². The first-order valence-corrected chi connectivity index (χ1v) is 6.11. The third kappa shape index (κ3) is 2.28. The maximum absolute atomic E-state index is 11.7. The van der Waals surface area contributed by atoms with Crippen molar-refractivity contribution in [2.24, 2.45) is 11.8 Å². The summed E-state index contributed by atoms with van der Waals surface area (Å²) in [7, 11) is 0. The standard InChI is InChI=1S/C12H21NO/c1-2-9-8-11(9)12(14)13-10-6-4-3-5-7-10/h9-11H,2-8H2,1H3,(H,13,14). The average Bonchev–Trinajstić information content (AvgIpc) is 2.98. The van der Waals surface area contributed by atoms with Crippen LogP contribution in [-0.2, 0) is 4.79 Å². The van der Waals surface area contributed by atoms with E-state index in [-0.39, 0.29) is 0 Å². The summed E-state index contributed by atoms with van der Waals surface area (Å²) in [5, 5.41) is 3.21. The molecule has 14 heavy (non-hydrogen) atoms. The smallest absolute Gasteiger partial charge is 0.223 e. The van der Waals surface area contributed by atoms with Gasteiger partial charge in [-0.15, -0.1) is 0 Å². The highest BCUT2D eigenvalue weighted by molar-refractivity contribution is 5.81. The number of carbonyl (C=O) groups excluding carboxylic acids is 1. The second kappa shape index (κ2) is 4.33. The minimum Gasteiger partial charge on any atom is -0.353 e. The molecule has 0 aromatic heterocycles. The van der Waals surface area contributed by atoms with Gasteiger partial charge in [-0.25, -0.2) is 0 Å². The van der Waals surface area contributed by atoms with E-state index in [9.17, 15) is 4.79 Å². The second-order valence-corrected chi connectivity index (χ2v) is 4.85. The first-order valence-electron chi connectivity index (χ1n) is 6.11. The SMILES string of the molecule is CCC1CC1C(=O)NC1CCCCC1.